The van der Waals surface area contributed by atoms with Gasteiger partial charge in [0.25, 0.3) is 0 Å². The number of methoxy groups -OCH3 is 1. The Kier molecular flexibility index (Phi) is 3.99. The molecule has 1 aromatic carbocycles. The minimum atomic E-state index is 0.375. The summed E-state index contributed by atoms with van der Waals surface area (Å²) < 4.78 is 5.42. The Bertz CT molecular complexity index is 474. The van der Waals surface area contributed by atoms with Crippen LogP contribution in [0.5, 0.6) is 5.75 Å². The van der Waals surface area contributed by atoms with Gasteiger partial charge in [0.1, 0.15) is 5.75 Å². The summed E-state index contributed by atoms with van der Waals surface area (Å²) in [6.07, 6.45) is 4.89. The molecule has 3 rings (SSSR count). The molecule has 3 nitrogen and oxygen atoms in total. The van der Waals surface area contributed by atoms with Crippen molar-refractivity contribution in [3.63, 3.8) is 0 Å². The zero-order valence-electron chi connectivity index (χ0n) is 12.6. The Morgan fingerprint density at radius 1 is 1.30 bits per heavy atom. The average molecular weight is 274 g/mol. The number of rotatable bonds is 2. The van der Waals surface area contributed by atoms with Gasteiger partial charge in [-0.1, -0.05) is 13.0 Å². The van der Waals surface area contributed by atoms with E-state index in [4.69, 9.17) is 10.5 Å². The van der Waals surface area contributed by atoms with Crippen molar-refractivity contribution in [3.8, 4) is 5.75 Å². The predicted octanol–water partition coefficient (Wildman–Crippen LogP) is 2.74. The topological polar surface area (TPSA) is 38.5 Å². The van der Waals surface area contributed by atoms with Crippen molar-refractivity contribution in [2.24, 2.45) is 11.7 Å². The zero-order chi connectivity index (χ0) is 14.1. The molecule has 20 heavy (non-hydrogen) atoms. The van der Waals surface area contributed by atoms with Crippen LogP contribution in [0.1, 0.15) is 43.4 Å². The van der Waals surface area contributed by atoms with Crippen LogP contribution in [0.15, 0.2) is 18.2 Å². The Balaban J connectivity index is 1.85. The summed E-state index contributed by atoms with van der Waals surface area (Å²) in [5.74, 6) is 1.58. The molecule has 3 unspecified atom stereocenters. The summed E-state index contributed by atoms with van der Waals surface area (Å²) in [5.41, 5.74) is 9.15. The summed E-state index contributed by atoms with van der Waals surface area (Å²) in [6.45, 7) is 4.54. The number of hydrogen-bond donors (Lipinski definition) is 1. The first-order chi connectivity index (χ1) is 9.69. The molecule has 0 radical (unpaired) electrons. The van der Waals surface area contributed by atoms with E-state index in [0.717, 1.165) is 25.3 Å². The molecule has 3 atom stereocenters. The molecule has 1 aliphatic heterocycles. The van der Waals surface area contributed by atoms with Crippen molar-refractivity contribution in [1.29, 1.82) is 0 Å². The second kappa shape index (κ2) is 5.74. The van der Waals surface area contributed by atoms with Crippen LogP contribution in [-0.2, 0) is 6.42 Å². The van der Waals surface area contributed by atoms with Crippen LogP contribution in [0.2, 0.25) is 0 Å². The van der Waals surface area contributed by atoms with E-state index in [0.29, 0.717) is 18.0 Å². The third-order valence-electron chi connectivity index (χ3n) is 5.08. The molecule has 1 aromatic rings. The smallest absolute Gasteiger partial charge is 0.119 e. The largest absolute Gasteiger partial charge is 0.497 e. The van der Waals surface area contributed by atoms with Crippen molar-refractivity contribution in [2.75, 3.05) is 20.2 Å². The standard InChI is InChI=1S/C17H26N2O/c1-12-11-19(9-8-16(12)18)17-5-3-4-13-6-7-14(20-2)10-15(13)17/h6-7,10,12,16-17H,3-5,8-9,11,18H2,1-2H3. The zero-order valence-corrected chi connectivity index (χ0v) is 12.6. The fourth-order valence-electron chi connectivity index (χ4n) is 3.74. The second-order valence-corrected chi connectivity index (χ2v) is 6.40. The molecule has 0 amide bonds. The number of piperidine rings is 1. The van der Waals surface area contributed by atoms with Gasteiger partial charge in [-0.25, -0.2) is 0 Å². The van der Waals surface area contributed by atoms with Gasteiger partial charge in [-0.05, 0) is 54.9 Å². The highest BCUT2D eigenvalue weighted by atomic mass is 16.5. The molecule has 1 aliphatic carbocycles. The molecule has 0 aromatic heterocycles. The van der Waals surface area contributed by atoms with E-state index in [1.165, 1.54) is 30.4 Å². The first-order valence-electron chi connectivity index (χ1n) is 7.85. The van der Waals surface area contributed by atoms with Gasteiger partial charge >= 0.3 is 0 Å². The Morgan fingerprint density at radius 2 is 2.15 bits per heavy atom. The summed E-state index contributed by atoms with van der Waals surface area (Å²) in [7, 11) is 1.75. The highest BCUT2D eigenvalue weighted by Gasteiger charge is 2.31. The molecule has 0 saturated carbocycles. The molecule has 1 fully saturated rings. The second-order valence-electron chi connectivity index (χ2n) is 6.40. The van der Waals surface area contributed by atoms with Gasteiger partial charge in [-0.15, -0.1) is 0 Å². The highest BCUT2D eigenvalue weighted by molar-refractivity contribution is 5.39. The SMILES string of the molecule is COc1ccc2c(c1)C(N1CCC(N)C(C)C1)CCC2. The molecule has 110 valence electrons. The average Bonchev–Trinajstić information content (AvgIpc) is 2.49. The maximum absolute atomic E-state index is 6.16. The molecule has 1 saturated heterocycles. The van der Waals surface area contributed by atoms with Gasteiger partial charge in [-0.3, -0.25) is 4.90 Å². The molecule has 0 spiro atoms. The molecule has 3 heteroatoms. The summed E-state index contributed by atoms with van der Waals surface area (Å²) in [6, 6.07) is 7.52. The van der Waals surface area contributed by atoms with Crippen LogP contribution < -0.4 is 10.5 Å². The van der Waals surface area contributed by atoms with Crippen LogP contribution in [0.4, 0.5) is 0 Å². The third kappa shape index (κ3) is 2.57. The molecular formula is C17H26N2O. The Hall–Kier alpha value is -1.06. The number of ether oxygens (including phenoxy) is 1. The van der Waals surface area contributed by atoms with Crippen molar-refractivity contribution < 1.29 is 4.74 Å². The molecule has 2 N–H and O–H groups in total. The quantitative estimate of drug-likeness (QED) is 0.901. The lowest BCUT2D eigenvalue weighted by molar-refractivity contribution is 0.105. The third-order valence-corrected chi connectivity index (χ3v) is 5.08. The van der Waals surface area contributed by atoms with Gasteiger partial charge in [0, 0.05) is 25.2 Å². The van der Waals surface area contributed by atoms with Crippen molar-refractivity contribution in [1.82, 2.24) is 4.90 Å². The molecule has 1 heterocycles. The van der Waals surface area contributed by atoms with Gasteiger partial charge in [0.2, 0.25) is 0 Å². The predicted molar refractivity (Wildman–Crippen MR) is 82.0 cm³/mol. The number of benzene rings is 1. The van der Waals surface area contributed by atoms with Crippen LogP contribution in [0.25, 0.3) is 0 Å². The van der Waals surface area contributed by atoms with Crippen LogP contribution >= 0.6 is 0 Å². The molecule has 0 bridgehead atoms. The lowest BCUT2D eigenvalue weighted by Gasteiger charge is -2.42. The molecular weight excluding hydrogens is 248 g/mol. The fraction of sp³-hybridized carbons (Fsp3) is 0.647. The van der Waals surface area contributed by atoms with E-state index in [9.17, 15) is 0 Å². The summed E-state index contributed by atoms with van der Waals surface area (Å²) in [5, 5.41) is 0. The van der Waals surface area contributed by atoms with Crippen molar-refractivity contribution >= 4 is 0 Å². The Labute approximate surface area is 122 Å². The van der Waals surface area contributed by atoms with Gasteiger partial charge in [0.15, 0.2) is 0 Å². The number of aryl methyl sites for hydroxylation is 1. The first kappa shape index (κ1) is 13.9. The van der Waals surface area contributed by atoms with Crippen molar-refractivity contribution in [2.45, 2.75) is 44.7 Å². The first-order valence-corrected chi connectivity index (χ1v) is 7.85. The highest BCUT2D eigenvalue weighted by Crippen LogP contribution is 2.38. The monoisotopic (exact) mass is 274 g/mol. The lowest BCUT2D eigenvalue weighted by Crippen LogP contribution is -2.47. The van der Waals surface area contributed by atoms with E-state index in [2.05, 4.69) is 30.0 Å². The van der Waals surface area contributed by atoms with E-state index < -0.39 is 0 Å². The maximum atomic E-state index is 6.16. The lowest BCUT2D eigenvalue weighted by atomic mass is 9.84. The van der Waals surface area contributed by atoms with Crippen LogP contribution in [0.3, 0.4) is 0 Å². The molecule has 2 aliphatic rings. The summed E-state index contributed by atoms with van der Waals surface area (Å²) in [4.78, 5) is 2.64. The van der Waals surface area contributed by atoms with Gasteiger partial charge in [0.05, 0.1) is 7.11 Å². The maximum Gasteiger partial charge on any atom is 0.119 e. The summed E-state index contributed by atoms with van der Waals surface area (Å²) >= 11 is 0. The van der Waals surface area contributed by atoms with E-state index in [1.807, 2.05) is 0 Å². The van der Waals surface area contributed by atoms with E-state index in [-0.39, 0.29) is 0 Å². The Morgan fingerprint density at radius 3 is 2.90 bits per heavy atom. The number of nitrogens with zero attached hydrogens (tertiary/aromatic N) is 1. The number of likely N-dealkylation sites (tertiary alicyclic amines) is 1. The minimum Gasteiger partial charge on any atom is -0.497 e. The normalized spacial score (nSPS) is 30.9. The number of nitrogens with two attached hydrogens (primary N) is 1. The minimum absolute atomic E-state index is 0.375. The van der Waals surface area contributed by atoms with Crippen LogP contribution in [0, 0.1) is 5.92 Å². The van der Waals surface area contributed by atoms with E-state index in [1.54, 1.807) is 7.11 Å². The van der Waals surface area contributed by atoms with Gasteiger partial charge < -0.3 is 10.5 Å². The van der Waals surface area contributed by atoms with E-state index >= 15 is 0 Å². The number of fused-ring (bicyclic) bond motifs is 1. The van der Waals surface area contributed by atoms with Gasteiger partial charge in [-0.2, -0.15) is 0 Å². The van der Waals surface area contributed by atoms with Crippen molar-refractivity contribution in [3.05, 3.63) is 29.3 Å². The van der Waals surface area contributed by atoms with Crippen LogP contribution in [-0.4, -0.2) is 31.1 Å². The number of hydrogen-bond acceptors (Lipinski definition) is 3. The fourth-order valence-corrected chi connectivity index (χ4v) is 3.74.